The summed E-state index contributed by atoms with van der Waals surface area (Å²) in [6, 6.07) is 10.00. The molecule has 104 valence electrons. The van der Waals surface area contributed by atoms with Gasteiger partial charge in [-0.3, -0.25) is 0 Å². The molecule has 4 nitrogen and oxygen atoms in total. The molecule has 2 aromatic rings. The van der Waals surface area contributed by atoms with E-state index in [4.69, 9.17) is 16.9 Å². The molecule has 0 atom stereocenters. The molecule has 0 fully saturated rings. The molecule has 1 heterocycles. The van der Waals surface area contributed by atoms with E-state index in [1.165, 1.54) is 0 Å². The van der Waals surface area contributed by atoms with Crippen molar-refractivity contribution in [2.24, 2.45) is 7.05 Å². The van der Waals surface area contributed by atoms with Gasteiger partial charge in [0.05, 0.1) is 12.5 Å². The van der Waals surface area contributed by atoms with E-state index >= 15 is 0 Å². The van der Waals surface area contributed by atoms with Gasteiger partial charge in [0.25, 0.3) is 0 Å². The van der Waals surface area contributed by atoms with Crippen molar-refractivity contribution in [2.75, 3.05) is 11.6 Å². The highest BCUT2D eigenvalue weighted by Crippen LogP contribution is 2.23. The lowest BCUT2D eigenvalue weighted by molar-refractivity contribution is 0.793. The van der Waals surface area contributed by atoms with Crippen LogP contribution in [0.25, 0.3) is 11.4 Å². The number of nitriles is 1. The Morgan fingerprint density at radius 3 is 2.70 bits per heavy atom. The number of hydrogen-bond acceptors (Lipinski definition) is 4. The fraction of sp³-hybridized carbons (Fsp3) is 0.357. The summed E-state index contributed by atoms with van der Waals surface area (Å²) in [6.07, 6.45) is 1.38. The van der Waals surface area contributed by atoms with Gasteiger partial charge in [-0.05, 0) is 12.0 Å². The van der Waals surface area contributed by atoms with Gasteiger partial charge in [-0.1, -0.05) is 36.0 Å². The molecule has 0 saturated carbocycles. The first kappa shape index (κ1) is 14.9. The number of hydrogen-bond donors (Lipinski definition) is 0. The van der Waals surface area contributed by atoms with Gasteiger partial charge in [0, 0.05) is 24.2 Å². The van der Waals surface area contributed by atoms with E-state index in [0.29, 0.717) is 12.3 Å². The lowest BCUT2D eigenvalue weighted by Gasteiger charge is -2.04. The van der Waals surface area contributed by atoms with E-state index in [1.54, 1.807) is 11.8 Å². The van der Waals surface area contributed by atoms with Crippen LogP contribution >= 0.6 is 23.4 Å². The van der Waals surface area contributed by atoms with Crippen LogP contribution in [0.4, 0.5) is 0 Å². The molecule has 0 amide bonds. The summed E-state index contributed by atoms with van der Waals surface area (Å²) >= 11 is 7.33. The van der Waals surface area contributed by atoms with Crippen LogP contribution in [0.2, 0.25) is 0 Å². The van der Waals surface area contributed by atoms with E-state index in [1.807, 2.05) is 35.9 Å². The molecular formula is C14H15ClN4S. The molecule has 0 bridgehead atoms. The summed E-state index contributed by atoms with van der Waals surface area (Å²) in [4.78, 5) is 0. The van der Waals surface area contributed by atoms with E-state index in [2.05, 4.69) is 16.3 Å². The van der Waals surface area contributed by atoms with E-state index in [-0.39, 0.29) is 0 Å². The molecule has 0 radical (unpaired) electrons. The lowest BCUT2D eigenvalue weighted by Crippen LogP contribution is -1.95. The average Bonchev–Trinajstić information content (AvgIpc) is 2.82. The van der Waals surface area contributed by atoms with Crippen molar-refractivity contribution in [3.8, 4) is 17.5 Å². The molecule has 1 aromatic heterocycles. The fourth-order valence-electron chi connectivity index (χ4n) is 1.77. The largest absolute Gasteiger partial charge is 0.305 e. The van der Waals surface area contributed by atoms with Gasteiger partial charge in [0.15, 0.2) is 11.0 Å². The molecule has 0 aliphatic rings. The van der Waals surface area contributed by atoms with Crippen LogP contribution in [-0.4, -0.2) is 26.4 Å². The van der Waals surface area contributed by atoms with Crippen molar-refractivity contribution in [3.05, 3.63) is 29.8 Å². The minimum atomic E-state index is 0.429. The highest BCUT2D eigenvalue weighted by Gasteiger charge is 2.10. The van der Waals surface area contributed by atoms with Gasteiger partial charge in [-0.15, -0.1) is 21.8 Å². The predicted molar refractivity (Wildman–Crippen MR) is 81.8 cm³/mol. The molecule has 0 aliphatic heterocycles. The Hall–Kier alpha value is -1.51. The summed E-state index contributed by atoms with van der Waals surface area (Å²) in [7, 11) is 1.96. The standard InChI is InChI=1S/C14H15ClN4S/c1-19-13(17-18-14(19)20-10-2-8-15)12-5-3-11(4-6-12)7-9-16/h3-6H,2,7-8,10H2,1H3. The summed E-state index contributed by atoms with van der Waals surface area (Å²) in [5.74, 6) is 2.44. The minimum Gasteiger partial charge on any atom is -0.305 e. The van der Waals surface area contributed by atoms with Crippen molar-refractivity contribution in [1.29, 1.82) is 5.26 Å². The zero-order valence-electron chi connectivity index (χ0n) is 11.2. The van der Waals surface area contributed by atoms with Gasteiger partial charge in [-0.25, -0.2) is 0 Å². The first-order valence-corrected chi connectivity index (χ1v) is 7.82. The molecule has 6 heteroatoms. The zero-order valence-corrected chi connectivity index (χ0v) is 12.8. The van der Waals surface area contributed by atoms with Crippen LogP contribution in [0.5, 0.6) is 0 Å². The summed E-state index contributed by atoms with van der Waals surface area (Å²) < 4.78 is 1.98. The highest BCUT2D eigenvalue weighted by atomic mass is 35.5. The quantitative estimate of drug-likeness (QED) is 0.467. The van der Waals surface area contributed by atoms with Gasteiger partial charge >= 0.3 is 0 Å². The third-order valence-electron chi connectivity index (χ3n) is 2.84. The van der Waals surface area contributed by atoms with Crippen molar-refractivity contribution in [2.45, 2.75) is 18.0 Å². The number of thioether (sulfide) groups is 1. The number of rotatable bonds is 6. The normalized spacial score (nSPS) is 10.4. The van der Waals surface area contributed by atoms with Crippen molar-refractivity contribution in [3.63, 3.8) is 0 Å². The third kappa shape index (κ3) is 3.53. The first-order valence-electron chi connectivity index (χ1n) is 6.30. The molecule has 1 aromatic carbocycles. The van der Waals surface area contributed by atoms with Crippen LogP contribution < -0.4 is 0 Å². The molecule has 0 saturated heterocycles. The topological polar surface area (TPSA) is 54.5 Å². The maximum absolute atomic E-state index is 8.67. The minimum absolute atomic E-state index is 0.429. The van der Waals surface area contributed by atoms with Crippen molar-refractivity contribution >= 4 is 23.4 Å². The zero-order chi connectivity index (χ0) is 14.4. The summed E-state index contributed by atoms with van der Waals surface area (Å²) in [6.45, 7) is 0. The molecule has 0 unspecified atom stereocenters. The predicted octanol–water partition coefficient (Wildman–Crippen LogP) is 3.27. The number of halogens is 1. The molecule has 0 N–H and O–H groups in total. The molecular weight excluding hydrogens is 292 g/mol. The highest BCUT2D eigenvalue weighted by molar-refractivity contribution is 7.99. The maximum Gasteiger partial charge on any atom is 0.191 e. The van der Waals surface area contributed by atoms with Crippen LogP contribution in [0, 0.1) is 11.3 Å². The van der Waals surface area contributed by atoms with Crippen LogP contribution in [0.1, 0.15) is 12.0 Å². The van der Waals surface area contributed by atoms with Gasteiger partial charge in [0.1, 0.15) is 0 Å². The Labute approximate surface area is 127 Å². The van der Waals surface area contributed by atoms with E-state index < -0.39 is 0 Å². The fourth-order valence-corrected chi connectivity index (χ4v) is 2.91. The molecule has 2 rings (SSSR count). The number of aromatic nitrogens is 3. The molecule has 0 aliphatic carbocycles. The number of alkyl halides is 1. The maximum atomic E-state index is 8.67. The first-order chi connectivity index (χ1) is 9.76. The molecule has 20 heavy (non-hydrogen) atoms. The van der Waals surface area contributed by atoms with Crippen molar-refractivity contribution in [1.82, 2.24) is 14.8 Å². The second-order valence-corrected chi connectivity index (χ2v) is 5.73. The van der Waals surface area contributed by atoms with Crippen molar-refractivity contribution < 1.29 is 0 Å². The van der Waals surface area contributed by atoms with Gasteiger partial charge in [-0.2, -0.15) is 5.26 Å². The number of benzene rings is 1. The smallest absolute Gasteiger partial charge is 0.191 e. The second kappa shape index (κ2) is 7.32. The molecule has 0 spiro atoms. The van der Waals surface area contributed by atoms with Crippen LogP contribution in [0.3, 0.4) is 0 Å². The SMILES string of the molecule is Cn1c(SCCCCl)nnc1-c1ccc(CC#N)cc1. The van der Waals surface area contributed by atoms with Crippen LogP contribution in [-0.2, 0) is 13.5 Å². The Bertz CT molecular complexity index is 601. The second-order valence-electron chi connectivity index (χ2n) is 4.29. The summed E-state index contributed by atoms with van der Waals surface area (Å²) in [5, 5.41) is 18.0. The Balaban J connectivity index is 2.14. The van der Waals surface area contributed by atoms with Gasteiger partial charge < -0.3 is 4.57 Å². The summed E-state index contributed by atoms with van der Waals surface area (Å²) in [5.41, 5.74) is 2.01. The Morgan fingerprint density at radius 1 is 1.30 bits per heavy atom. The van der Waals surface area contributed by atoms with Crippen LogP contribution in [0.15, 0.2) is 29.4 Å². The Morgan fingerprint density at radius 2 is 2.05 bits per heavy atom. The van der Waals surface area contributed by atoms with Gasteiger partial charge in [0.2, 0.25) is 0 Å². The monoisotopic (exact) mass is 306 g/mol. The van der Waals surface area contributed by atoms with E-state index in [9.17, 15) is 0 Å². The number of nitrogens with zero attached hydrogens (tertiary/aromatic N) is 4. The Kier molecular flexibility index (Phi) is 5.45. The third-order valence-corrected chi connectivity index (χ3v) is 4.21. The lowest BCUT2D eigenvalue weighted by atomic mass is 10.1. The van der Waals surface area contributed by atoms with E-state index in [0.717, 1.165) is 34.3 Å². The average molecular weight is 307 g/mol.